The Morgan fingerprint density at radius 2 is 1.71 bits per heavy atom. The molecular formula is C19H24N8O. The number of amides is 1. The van der Waals surface area contributed by atoms with E-state index >= 15 is 0 Å². The van der Waals surface area contributed by atoms with Gasteiger partial charge in [0.15, 0.2) is 0 Å². The molecule has 3 aromatic rings. The highest BCUT2D eigenvalue weighted by Crippen LogP contribution is 2.16. The van der Waals surface area contributed by atoms with E-state index in [9.17, 15) is 4.79 Å². The van der Waals surface area contributed by atoms with E-state index in [1.807, 2.05) is 60.7 Å². The van der Waals surface area contributed by atoms with Crippen LogP contribution in [0.1, 0.15) is 17.2 Å². The van der Waals surface area contributed by atoms with Gasteiger partial charge in [0.05, 0.1) is 23.5 Å². The topological polar surface area (TPSA) is 85.0 Å². The van der Waals surface area contributed by atoms with Gasteiger partial charge in [0.1, 0.15) is 5.82 Å². The van der Waals surface area contributed by atoms with Gasteiger partial charge in [-0.25, -0.2) is 4.68 Å². The van der Waals surface area contributed by atoms with Crippen molar-refractivity contribution in [3.05, 3.63) is 47.5 Å². The summed E-state index contributed by atoms with van der Waals surface area (Å²) in [4.78, 5) is 16.8. The summed E-state index contributed by atoms with van der Waals surface area (Å²) >= 11 is 0. The van der Waals surface area contributed by atoms with Crippen molar-refractivity contribution in [2.24, 2.45) is 7.05 Å². The summed E-state index contributed by atoms with van der Waals surface area (Å²) in [7, 11) is 1.96. The van der Waals surface area contributed by atoms with E-state index in [4.69, 9.17) is 0 Å². The maximum atomic E-state index is 12.8. The zero-order valence-electron chi connectivity index (χ0n) is 16.4. The number of aromatic nitrogens is 6. The molecule has 9 nitrogen and oxygen atoms in total. The van der Waals surface area contributed by atoms with E-state index in [0.717, 1.165) is 41.9 Å². The molecule has 2 aromatic heterocycles. The minimum Gasteiger partial charge on any atom is -0.339 e. The molecular weight excluding hydrogens is 356 g/mol. The lowest BCUT2D eigenvalue weighted by molar-refractivity contribution is -0.130. The number of carbonyl (C=O) groups is 1. The van der Waals surface area contributed by atoms with Crippen LogP contribution in [0.5, 0.6) is 0 Å². The largest absolute Gasteiger partial charge is 0.339 e. The fourth-order valence-corrected chi connectivity index (χ4v) is 3.42. The highest BCUT2D eigenvalue weighted by Gasteiger charge is 2.25. The lowest BCUT2D eigenvalue weighted by Crippen LogP contribution is -2.50. The Kier molecular flexibility index (Phi) is 4.81. The molecule has 0 saturated carbocycles. The van der Waals surface area contributed by atoms with Crippen molar-refractivity contribution in [1.82, 2.24) is 34.7 Å². The number of aryl methyl sites for hydroxylation is 1. The van der Waals surface area contributed by atoms with E-state index in [1.165, 1.54) is 0 Å². The van der Waals surface area contributed by atoms with Gasteiger partial charge in [0, 0.05) is 33.2 Å². The summed E-state index contributed by atoms with van der Waals surface area (Å²) < 4.78 is 3.75. The Hall–Kier alpha value is -3.23. The van der Waals surface area contributed by atoms with E-state index in [1.54, 1.807) is 4.68 Å². The first-order chi connectivity index (χ1) is 13.5. The Morgan fingerprint density at radius 3 is 2.36 bits per heavy atom. The molecule has 0 bridgehead atoms. The van der Waals surface area contributed by atoms with Crippen LogP contribution in [0.25, 0.3) is 5.69 Å². The van der Waals surface area contributed by atoms with Crippen LogP contribution in [0.4, 0.5) is 5.95 Å². The van der Waals surface area contributed by atoms with Crippen LogP contribution >= 0.6 is 0 Å². The minimum atomic E-state index is 0.0806. The molecule has 3 heterocycles. The average molecular weight is 380 g/mol. The smallest absolute Gasteiger partial charge is 0.228 e. The lowest BCUT2D eigenvalue weighted by Gasteiger charge is -2.35. The molecule has 1 aliphatic heterocycles. The zero-order chi connectivity index (χ0) is 19.7. The molecule has 0 atom stereocenters. The van der Waals surface area contributed by atoms with Gasteiger partial charge >= 0.3 is 0 Å². The monoisotopic (exact) mass is 380 g/mol. The standard InChI is InChI=1S/C19H24N8O/c1-14-17(21-23-27(14)16-7-5-4-6-8-16)13-18(28)25-9-11-26(12-10-25)19-22-20-15(2)24(19)3/h4-8H,9-13H2,1-3H3. The number of para-hydroxylation sites is 1. The van der Waals surface area contributed by atoms with Gasteiger partial charge in [-0.1, -0.05) is 23.4 Å². The zero-order valence-corrected chi connectivity index (χ0v) is 16.4. The van der Waals surface area contributed by atoms with Crippen molar-refractivity contribution in [1.29, 1.82) is 0 Å². The number of rotatable bonds is 4. The van der Waals surface area contributed by atoms with Gasteiger partial charge in [0.2, 0.25) is 11.9 Å². The predicted molar refractivity (Wildman–Crippen MR) is 104 cm³/mol. The lowest BCUT2D eigenvalue weighted by atomic mass is 10.2. The first-order valence-corrected chi connectivity index (χ1v) is 9.40. The van der Waals surface area contributed by atoms with Crippen LogP contribution in [0.15, 0.2) is 30.3 Å². The second-order valence-electron chi connectivity index (χ2n) is 7.02. The number of nitrogens with zero attached hydrogens (tertiary/aromatic N) is 8. The Balaban J connectivity index is 1.39. The molecule has 1 amide bonds. The third-order valence-electron chi connectivity index (χ3n) is 5.29. The quantitative estimate of drug-likeness (QED) is 0.669. The summed E-state index contributed by atoms with van der Waals surface area (Å²) in [6.45, 7) is 6.69. The van der Waals surface area contributed by atoms with Gasteiger partial charge in [-0.2, -0.15) is 0 Å². The van der Waals surface area contributed by atoms with Crippen LogP contribution in [0, 0.1) is 13.8 Å². The Labute approximate surface area is 163 Å². The summed E-state index contributed by atoms with van der Waals surface area (Å²) in [5.41, 5.74) is 2.56. The fraction of sp³-hybridized carbons (Fsp3) is 0.421. The van der Waals surface area contributed by atoms with E-state index in [-0.39, 0.29) is 12.3 Å². The van der Waals surface area contributed by atoms with Crippen LogP contribution in [0.3, 0.4) is 0 Å². The van der Waals surface area contributed by atoms with E-state index in [2.05, 4.69) is 25.4 Å². The first kappa shape index (κ1) is 18.1. The van der Waals surface area contributed by atoms with E-state index in [0.29, 0.717) is 13.1 Å². The molecule has 1 aromatic carbocycles. The molecule has 28 heavy (non-hydrogen) atoms. The molecule has 0 unspecified atom stereocenters. The third-order valence-corrected chi connectivity index (χ3v) is 5.29. The molecule has 0 spiro atoms. The maximum absolute atomic E-state index is 12.8. The SMILES string of the molecule is Cc1c(CC(=O)N2CCN(c3nnc(C)n3C)CC2)nnn1-c1ccccc1. The average Bonchev–Trinajstić information content (AvgIpc) is 3.25. The number of piperazine rings is 1. The van der Waals surface area contributed by atoms with Crippen molar-refractivity contribution in [3.63, 3.8) is 0 Å². The number of carbonyl (C=O) groups excluding carboxylic acids is 1. The van der Waals surface area contributed by atoms with Gasteiger partial charge in [-0.15, -0.1) is 15.3 Å². The first-order valence-electron chi connectivity index (χ1n) is 9.40. The van der Waals surface area contributed by atoms with Crippen molar-refractivity contribution >= 4 is 11.9 Å². The Bertz CT molecular complexity index is 969. The molecule has 0 N–H and O–H groups in total. The number of hydrogen-bond acceptors (Lipinski definition) is 6. The summed E-state index contributed by atoms with van der Waals surface area (Å²) in [5.74, 6) is 1.81. The predicted octanol–water partition coefficient (Wildman–Crippen LogP) is 0.904. The molecule has 0 radical (unpaired) electrons. The highest BCUT2D eigenvalue weighted by atomic mass is 16.2. The van der Waals surface area contributed by atoms with Crippen molar-refractivity contribution in [2.75, 3.05) is 31.1 Å². The normalized spacial score (nSPS) is 14.5. The summed E-state index contributed by atoms with van der Waals surface area (Å²) in [6.07, 6.45) is 0.266. The van der Waals surface area contributed by atoms with Crippen molar-refractivity contribution in [3.8, 4) is 5.69 Å². The highest BCUT2D eigenvalue weighted by molar-refractivity contribution is 5.78. The van der Waals surface area contributed by atoms with Crippen LogP contribution in [-0.4, -0.2) is 66.7 Å². The molecule has 146 valence electrons. The summed E-state index contributed by atoms with van der Waals surface area (Å²) in [6, 6.07) is 9.82. The second-order valence-corrected chi connectivity index (χ2v) is 7.02. The molecule has 1 fully saturated rings. The minimum absolute atomic E-state index is 0.0806. The number of benzene rings is 1. The van der Waals surface area contributed by atoms with E-state index < -0.39 is 0 Å². The molecule has 1 saturated heterocycles. The number of hydrogen-bond donors (Lipinski definition) is 0. The maximum Gasteiger partial charge on any atom is 0.228 e. The van der Waals surface area contributed by atoms with Gasteiger partial charge in [0.25, 0.3) is 0 Å². The van der Waals surface area contributed by atoms with Gasteiger partial charge < -0.3 is 14.4 Å². The summed E-state index contributed by atoms with van der Waals surface area (Å²) in [5, 5.41) is 16.8. The van der Waals surface area contributed by atoms with Gasteiger partial charge in [-0.3, -0.25) is 4.79 Å². The van der Waals surface area contributed by atoms with Crippen molar-refractivity contribution in [2.45, 2.75) is 20.3 Å². The fourth-order valence-electron chi connectivity index (χ4n) is 3.42. The van der Waals surface area contributed by atoms with Crippen LogP contribution in [-0.2, 0) is 18.3 Å². The van der Waals surface area contributed by atoms with Crippen molar-refractivity contribution < 1.29 is 4.79 Å². The van der Waals surface area contributed by atoms with Gasteiger partial charge in [-0.05, 0) is 26.0 Å². The van der Waals surface area contributed by atoms with Crippen LogP contribution in [0.2, 0.25) is 0 Å². The number of anilines is 1. The Morgan fingerprint density at radius 1 is 1.00 bits per heavy atom. The molecule has 0 aliphatic carbocycles. The molecule has 1 aliphatic rings. The molecule has 4 rings (SSSR count). The third kappa shape index (κ3) is 3.35. The molecule has 9 heteroatoms. The van der Waals surface area contributed by atoms with Crippen LogP contribution < -0.4 is 4.90 Å². The second kappa shape index (κ2) is 7.41.